The lowest BCUT2D eigenvalue weighted by Crippen LogP contribution is -2.28. The second-order valence-corrected chi connectivity index (χ2v) is 9.59. The minimum absolute atomic E-state index is 0.0137. The third kappa shape index (κ3) is 4.94. The molecule has 9 heteroatoms. The van der Waals surface area contributed by atoms with Gasteiger partial charge in [0.2, 0.25) is 0 Å². The van der Waals surface area contributed by atoms with Crippen molar-refractivity contribution in [2.24, 2.45) is 0 Å². The summed E-state index contributed by atoms with van der Waals surface area (Å²) in [6, 6.07) is 9.94. The molecular weight excluding hydrogens is 456 g/mol. The number of nitrogens with one attached hydrogen (secondary N) is 1. The Hall–Kier alpha value is -3.17. The van der Waals surface area contributed by atoms with Crippen molar-refractivity contribution < 1.29 is 14.3 Å². The van der Waals surface area contributed by atoms with E-state index < -0.39 is 0 Å². The molecule has 1 aromatic carbocycles. The molecule has 0 bridgehead atoms. The molecule has 0 atom stereocenters. The number of carbonyl (C=O) groups is 1. The molecule has 3 aromatic heterocycles. The van der Waals surface area contributed by atoms with Crippen molar-refractivity contribution in [1.29, 1.82) is 0 Å². The van der Waals surface area contributed by atoms with Crippen molar-refractivity contribution in [2.45, 2.75) is 19.9 Å². The minimum Gasteiger partial charge on any atom is -0.493 e. The quantitative estimate of drug-likeness (QED) is 0.362. The molecule has 0 saturated carbocycles. The lowest BCUT2D eigenvalue weighted by molar-refractivity contribution is 0.0801. The highest BCUT2D eigenvalue weighted by Crippen LogP contribution is 2.34. The van der Waals surface area contributed by atoms with Gasteiger partial charge < -0.3 is 19.7 Å². The second-order valence-electron chi connectivity index (χ2n) is 7.56. The van der Waals surface area contributed by atoms with Crippen LogP contribution in [-0.2, 0) is 13.0 Å². The first-order chi connectivity index (χ1) is 16.0. The molecule has 0 spiro atoms. The van der Waals surface area contributed by atoms with E-state index in [2.05, 4.69) is 26.7 Å². The molecule has 0 aliphatic rings. The summed E-state index contributed by atoms with van der Waals surface area (Å²) in [5.74, 6) is 2.12. The molecule has 7 nitrogen and oxygen atoms in total. The maximum Gasteiger partial charge on any atom is 0.264 e. The number of aromatic nitrogens is 2. The van der Waals surface area contributed by atoms with Crippen LogP contribution in [0.1, 0.15) is 25.7 Å². The van der Waals surface area contributed by atoms with Gasteiger partial charge in [0.1, 0.15) is 17.0 Å². The molecular formula is C24H26N4O3S2. The van der Waals surface area contributed by atoms with Crippen molar-refractivity contribution in [3.05, 3.63) is 62.9 Å². The number of thiophene rings is 2. The van der Waals surface area contributed by atoms with E-state index in [9.17, 15) is 4.79 Å². The van der Waals surface area contributed by atoms with E-state index in [1.54, 1.807) is 36.8 Å². The Bertz CT molecular complexity index is 1250. The molecule has 0 saturated heterocycles. The first-order valence-corrected chi connectivity index (χ1v) is 12.2. The van der Waals surface area contributed by atoms with E-state index in [1.165, 1.54) is 16.2 Å². The van der Waals surface area contributed by atoms with Crippen LogP contribution in [0.2, 0.25) is 0 Å². The monoisotopic (exact) mass is 482 g/mol. The zero-order valence-corrected chi connectivity index (χ0v) is 20.7. The van der Waals surface area contributed by atoms with Gasteiger partial charge in [0.25, 0.3) is 5.91 Å². The van der Waals surface area contributed by atoms with Gasteiger partial charge in [-0.3, -0.25) is 4.79 Å². The molecule has 172 valence electrons. The number of aryl methyl sites for hydroxylation is 1. The lowest BCUT2D eigenvalue weighted by Gasteiger charge is -2.17. The van der Waals surface area contributed by atoms with Crippen LogP contribution in [0.3, 0.4) is 0 Å². The number of amides is 1. The first kappa shape index (κ1) is 23.0. The Morgan fingerprint density at radius 1 is 1.15 bits per heavy atom. The van der Waals surface area contributed by atoms with Gasteiger partial charge >= 0.3 is 0 Å². The van der Waals surface area contributed by atoms with Gasteiger partial charge in [0, 0.05) is 18.5 Å². The van der Waals surface area contributed by atoms with Crippen molar-refractivity contribution in [1.82, 2.24) is 14.9 Å². The van der Waals surface area contributed by atoms with Crippen molar-refractivity contribution in [3.8, 4) is 11.5 Å². The fraction of sp³-hybridized carbons (Fsp3) is 0.292. The van der Waals surface area contributed by atoms with Gasteiger partial charge in [-0.1, -0.05) is 12.1 Å². The highest BCUT2D eigenvalue weighted by Gasteiger charge is 2.22. The van der Waals surface area contributed by atoms with Crippen LogP contribution in [0, 0.1) is 6.92 Å². The number of hydrogen-bond donors (Lipinski definition) is 1. The normalized spacial score (nSPS) is 10.9. The Kier molecular flexibility index (Phi) is 7.10. The molecule has 3 heterocycles. The van der Waals surface area contributed by atoms with Gasteiger partial charge in [0.05, 0.1) is 31.0 Å². The molecule has 0 fully saturated rings. The number of fused-ring (bicyclic) bond motifs is 1. The number of carbonyl (C=O) groups excluding carboxylic acids is 1. The molecule has 0 aliphatic carbocycles. The van der Waals surface area contributed by atoms with Gasteiger partial charge in [-0.15, -0.1) is 22.7 Å². The third-order valence-corrected chi connectivity index (χ3v) is 7.53. The van der Waals surface area contributed by atoms with Gasteiger partial charge in [-0.2, -0.15) is 0 Å². The average molecular weight is 483 g/mol. The smallest absolute Gasteiger partial charge is 0.264 e. The molecule has 0 unspecified atom stereocenters. The summed E-state index contributed by atoms with van der Waals surface area (Å²) in [5, 5.41) is 6.36. The van der Waals surface area contributed by atoms with E-state index >= 15 is 0 Å². The van der Waals surface area contributed by atoms with Crippen LogP contribution >= 0.6 is 22.7 Å². The molecule has 1 N–H and O–H groups in total. The Morgan fingerprint density at radius 3 is 2.70 bits per heavy atom. The number of likely N-dealkylation sites (N-methyl/N-ethyl adjacent to an activating group) is 1. The standard InChI is InChI=1S/C24H26N4O3S2/c1-15-20-22(25-13-17-6-5-11-32-17)26-14-27-23(20)33-21(15)24(29)28(2)10-9-16-7-8-18(30-3)19(12-16)31-4/h5-8,11-12,14H,9-10,13H2,1-4H3,(H,25,26,27). The second kappa shape index (κ2) is 10.2. The number of anilines is 1. The molecule has 0 radical (unpaired) electrons. The topological polar surface area (TPSA) is 76.6 Å². The van der Waals surface area contributed by atoms with Crippen LogP contribution in [0.5, 0.6) is 11.5 Å². The number of benzene rings is 1. The fourth-order valence-electron chi connectivity index (χ4n) is 3.60. The number of ether oxygens (including phenoxy) is 2. The van der Waals surface area contributed by atoms with Crippen LogP contribution < -0.4 is 14.8 Å². The predicted molar refractivity (Wildman–Crippen MR) is 134 cm³/mol. The summed E-state index contributed by atoms with van der Waals surface area (Å²) in [5.41, 5.74) is 1.98. The summed E-state index contributed by atoms with van der Waals surface area (Å²) in [7, 11) is 5.06. The molecule has 1 amide bonds. The SMILES string of the molecule is COc1ccc(CCN(C)C(=O)c2sc3ncnc(NCc4cccs4)c3c2C)cc1OC. The summed E-state index contributed by atoms with van der Waals surface area (Å²) < 4.78 is 10.7. The Balaban J connectivity index is 1.49. The maximum absolute atomic E-state index is 13.3. The van der Waals surface area contributed by atoms with E-state index in [4.69, 9.17) is 9.47 Å². The van der Waals surface area contributed by atoms with Crippen LogP contribution in [-0.4, -0.2) is 48.6 Å². The third-order valence-electron chi connectivity index (χ3n) is 5.46. The van der Waals surface area contributed by atoms with E-state index in [1.807, 2.05) is 38.2 Å². The molecule has 33 heavy (non-hydrogen) atoms. The van der Waals surface area contributed by atoms with Crippen LogP contribution in [0.15, 0.2) is 42.0 Å². The number of rotatable bonds is 9. The predicted octanol–water partition coefficient (Wildman–Crippen LogP) is 5.01. The number of methoxy groups -OCH3 is 2. The number of nitrogens with zero attached hydrogens (tertiary/aromatic N) is 3. The highest BCUT2D eigenvalue weighted by atomic mass is 32.1. The Morgan fingerprint density at radius 2 is 1.97 bits per heavy atom. The minimum atomic E-state index is -0.0137. The lowest BCUT2D eigenvalue weighted by atomic mass is 10.1. The summed E-state index contributed by atoms with van der Waals surface area (Å²) >= 11 is 3.11. The summed E-state index contributed by atoms with van der Waals surface area (Å²) in [4.78, 5) is 26.6. The molecule has 0 aliphatic heterocycles. The summed E-state index contributed by atoms with van der Waals surface area (Å²) in [6.45, 7) is 3.23. The Labute approximate surface area is 201 Å². The molecule has 4 rings (SSSR count). The maximum atomic E-state index is 13.3. The van der Waals surface area contributed by atoms with Crippen molar-refractivity contribution in [2.75, 3.05) is 33.1 Å². The van der Waals surface area contributed by atoms with Gasteiger partial charge in [-0.05, 0) is 48.1 Å². The van der Waals surface area contributed by atoms with Gasteiger partial charge in [-0.25, -0.2) is 9.97 Å². The van der Waals surface area contributed by atoms with Crippen molar-refractivity contribution in [3.63, 3.8) is 0 Å². The number of hydrogen-bond acceptors (Lipinski definition) is 8. The van der Waals surface area contributed by atoms with E-state index in [0.717, 1.165) is 27.2 Å². The van der Waals surface area contributed by atoms with Gasteiger partial charge in [0.15, 0.2) is 11.5 Å². The first-order valence-electron chi connectivity index (χ1n) is 10.5. The largest absolute Gasteiger partial charge is 0.493 e. The highest BCUT2D eigenvalue weighted by molar-refractivity contribution is 7.20. The zero-order chi connectivity index (χ0) is 23.4. The summed E-state index contributed by atoms with van der Waals surface area (Å²) in [6.07, 6.45) is 2.25. The van der Waals surface area contributed by atoms with Crippen LogP contribution in [0.25, 0.3) is 10.2 Å². The zero-order valence-electron chi connectivity index (χ0n) is 19.0. The van der Waals surface area contributed by atoms with E-state index in [0.29, 0.717) is 35.9 Å². The van der Waals surface area contributed by atoms with Crippen molar-refractivity contribution >= 4 is 44.6 Å². The van der Waals surface area contributed by atoms with E-state index in [-0.39, 0.29) is 5.91 Å². The fourth-order valence-corrected chi connectivity index (χ4v) is 5.39. The van der Waals surface area contributed by atoms with Crippen LogP contribution in [0.4, 0.5) is 5.82 Å². The average Bonchev–Trinajstić information content (AvgIpc) is 3.48. The molecule has 4 aromatic rings.